The second-order valence-corrected chi connectivity index (χ2v) is 8.71. The Bertz CT molecular complexity index is 1020. The Morgan fingerprint density at radius 3 is 2.13 bits per heavy atom. The van der Waals surface area contributed by atoms with Gasteiger partial charge in [0.1, 0.15) is 5.75 Å². The highest BCUT2D eigenvalue weighted by Gasteiger charge is 2.21. The first-order valence-electron chi connectivity index (χ1n) is 10.5. The van der Waals surface area contributed by atoms with Gasteiger partial charge in [0, 0.05) is 24.0 Å². The molecule has 1 N–H and O–H groups in total. The van der Waals surface area contributed by atoms with E-state index in [1.165, 1.54) is 5.56 Å². The van der Waals surface area contributed by atoms with Gasteiger partial charge in [-0.15, -0.1) is 0 Å². The predicted octanol–water partition coefficient (Wildman–Crippen LogP) is 6.53. The van der Waals surface area contributed by atoms with Crippen molar-refractivity contribution in [1.82, 2.24) is 4.57 Å². The molecule has 3 rings (SSSR count). The van der Waals surface area contributed by atoms with E-state index < -0.39 is 5.97 Å². The number of unbranched alkanes of at least 4 members (excludes halogenated alkanes) is 1. The number of aromatic carboxylic acids is 1. The SMILES string of the molecule is CCCCOc1ccc(-c2ccc(-c3ccc(C(=O)O)cc3)n2C)cc1C(C)(C)C. The second kappa shape index (κ2) is 8.78. The zero-order valence-electron chi connectivity index (χ0n) is 18.5. The molecule has 0 aliphatic carbocycles. The van der Waals surface area contributed by atoms with Gasteiger partial charge < -0.3 is 14.4 Å². The summed E-state index contributed by atoms with van der Waals surface area (Å²) >= 11 is 0. The van der Waals surface area contributed by atoms with E-state index in [9.17, 15) is 4.79 Å². The first-order chi connectivity index (χ1) is 14.2. The molecule has 0 aliphatic heterocycles. The van der Waals surface area contributed by atoms with E-state index in [4.69, 9.17) is 9.84 Å². The number of ether oxygens (including phenoxy) is 1. The number of hydrogen-bond donors (Lipinski definition) is 1. The summed E-state index contributed by atoms with van der Waals surface area (Å²) in [4.78, 5) is 11.1. The summed E-state index contributed by atoms with van der Waals surface area (Å²) in [6, 6.07) is 17.6. The molecule has 0 fully saturated rings. The molecule has 3 aromatic rings. The van der Waals surface area contributed by atoms with Crippen molar-refractivity contribution in [3.05, 3.63) is 65.7 Å². The molecule has 0 bridgehead atoms. The summed E-state index contributed by atoms with van der Waals surface area (Å²) in [5.41, 5.74) is 5.74. The van der Waals surface area contributed by atoms with E-state index in [2.05, 4.69) is 62.6 Å². The third kappa shape index (κ3) is 4.59. The lowest BCUT2D eigenvalue weighted by Gasteiger charge is -2.24. The number of benzene rings is 2. The summed E-state index contributed by atoms with van der Waals surface area (Å²) in [6.07, 6.45) is 2.16. The Kier molecular flexibility index (Phi) is 6.35. The Labute approximate surface area is 179 Å². The van der Waals surface area contributed by atoms with Crippen LogP contribution in [0.4, 0.5) is 0 Å². The van der Waals surface area contributed by atoms with Crippen LogP contribution in [0.1, 0.15) is 56.5 Å². The van der Waals surface area contributed by atoms with Crippen molar-refractivity contribution in [3.63, 3.8) is 0 Å². The van der Waals surface area contributed by atoms with Crippen molar-refractivity contribution in [2.45, 2.75) is 46.0 Å². The maximum Gasteiger partial charge on any atom is 0.335 e. The normalized spacial score (nSPS) is 11.5. The van der Waals surface area contributed by atoms with E-state index in [1.54, 1.807) is 12.1 Å². The Morgan fingerprint density at radius 1 is 0.967 bits per heavy atom. The average Bonchev–Trinajstić information content (AvgIpc) is 3.09. The largest absolute Gasteiger partial charge is 0.493 e. The molecule has 4 heteroatoms. The molecule has 2 aromatic carbocycles. The molecule has 1 aromatic heterocycles. The minimum absolute atomic E-state index is 0.0295. The van der Waals surface area contributed by atoms with E-state index in [0.717, 1.165) is 47.7 Å². The highest BCUT2D eigenvalue weighted by atomic mass is 16.5. The monoisotopic (exact) mass is 405 g/mol. The van der Waals surface area contributed by atoms with E-state index in [1.807, 2.05) is 19.2 Å². The van der Waals surface area contributed by atoms with Crippen molar-refractivity contribution in [2.24, 2.45) is 7.05 Å². The minimum atomic E-state index is -0.912. The fourth-order valence-electron chi connectivity index (χ4n) is 3.60. The molecule has 1 heterocycles. The lowest BCUT2D eigenvalue weighted by molar-refractivity contribution is 0.0697. The second-order valence-electron chi connectivity index (χ2n) is 8.71. The molecule has 0 spiro atoms. The Balaban J connectivity index is 1.97. The summed E-state index contributed by atoms with van der Waals surface area (Å²) < 4.78 is 8.22. The van der Waals surface area contributed by atoms with Gasteiger partial charge in [-0.25, -0.2) is 4.79 Å². The van der Waals surface area contributed by atoms with Gasteiger partial charge in [0.25, 0.3) is 0 Å². The van der Waals surface area contributed by atoms with Crippen LogP contribution in [0.2, 0.25) is 0 Å². The van der Waals surface area contributed by atoms with Gasteiger partial charge in [0.2, 0.25) is 0 Å². The number of aromatic nitrogens is 1. The molecule has 0 amide bonds. The van der Waals surface area contributed by atoms with Crippen molar-refractivity contribution >= 4 is 5.97 Å². The molecule has 158 valence electrons. The van der Waals surface area contributed by atoms with Crippen molar-refractivity contribution < 1.29 is 14.6 Å². The van der Waals surface area contributed by atoms with Crippen LogP contribution in [-0.4, -0.2) is 22.2 Å². The molecule has 0 radical (unpaired) electrons. The molecule has 0 unspecified atom stereocenters. The molecule has 0 atom stereocenters. The fourth-order valence-corrected chi connectivity index (χ4v) is 3.60. The first-order valence-corrected chi connectivity index (χ1v) is 10.5. The molecular formula is C26H31NO3. The highest BCUT2D eigenvalue weighted by molar-refractivity contribution is 5.88. The molecular weight excluding hydrogens is 374 g/mol. The van der Waals surface area contributed by atoms with Gasteiger partial charge in [-0.3, -0.25) is 0 Å². The minimum Gasteiger partial charge on any atom is -0.493 e. The molecule has 30 heavy (non-hydrogen) atoms. The van der Waals surface area contributed by atoms with Crippen molar-refractivity contribution in [2.75, 3.05) is 6.61 Å². The summed E-state index contributed by atoms with van der Waals surface area (Å²) in [7, 11) is 2.04. The zero-order valence-corrected chi connectivity index (χ0v) is 18.5. The molecule has 0 saturated heterocycles. The maximum atomic E-state index is 11.1. The van der Waals surface area contributed by atoms with Gasteiger partial charge in [-0.05, 0) is 65.4 Å². The van der Waals surface area contributed by atoms with Crippen LogP contribution in [0.3, 0.4) is 0 Å². The number of carbonyl (C=O) groups is 1. The Hall–Kier alpha value is -3.01. The highest BCUT2D eigenvalue weighted by Crippen LogP contribution is 2.36. The molecule has 4 nitrogen and oxygen atoms in total. The van der Waals surface area contributed by atoms with Crippen LogP contribution in [0.5, 0.6) is 5.75 Å². The lowest BCUT2D eigenvalue weighted by atomic mass is 9.85. The van der Waals surface area contributed by atoms with Crippen molar-refractivity contribution in [1.29, 1.82) is 0 Å². The van der Waals surface area contributed by atoms with Crippen LogP contribution < -0.4 is 4.74 Å². The first kappa shape index (κ1) is 21.7. The summed E-state index contributed by atoms with van der Waals surface area (Å²) in [6.45, 7) is 9.52. The number of rotatable bonds is 7. The van der Waals surface area contributed by atoms with Gasteiger partial charge >= 0.3 is 5.97 Å². The standard InChI is InChI=1S/C26H31NO3/c1-6-7-16-30-24-15-12-20(17-21(24)26(2,3)4)23-14-13-22(27(23)5)18-8-10-19(11-9-18)25(28)29/h8-15,17H,6-7,16H2,1-5H3,(H,28,29). The number of nitrogens with zero attached hydrogens (tertiary/aromatic N) is 1. The van der Waals surface area contributed by atoms with Crippen molar-refractivity contribution in [3.8, 4) is 28.3 Å². The quantitative estimate of drug-likeness (QED) is 0.454. The number of hydrogen-bond acceptors (Lipinski definition) is 2. The van der Waals surface area contributed by atoms with Crippen LogP contribution in [0.25, 0.3) is 22.5 Å². The van der Waals surface area contributed by atoms with Gasteiger partial charge in [-0.2, -0.15) is 0 Å². The van der Waals surface area contributed by atoms with Crippen LogP contribution in [0.15, 0.2) is 54.6 Å². The smallest absolute Gasteiger partial charge is 0.335 e. The van der Waals surface area contributed by atoms with Gasteiger partial charge in [0.05, 0.1) is 12.2 Å². The van der Waals surface area contributed by atoms with E-state index in [-0.39, 0.29) is 5.41 Å². The predicted molar refractivity (Wildman–Crippen MR) is 122 cm³/mol. The van der Waals surface area contributed by atoms with Crippen LogP contribution in [0, 0.1) is 0 Å². The summed E-state index contributed by atoms with van der Waals surface area (Å²) in [5.74, 6) is 0.0449. The van der Waals surface area contributed by atoms with E-state index in [0.29, 0.717) is 5.56 Å². The van der Waals surface area contributed by atoms with Gasteiger partial charge in [-0.1, -0.05) is 46.2 Å². The van der Waals surface area contributed by atoms with Crippen LogP contribution in [-0.2, 0) is 12.5 Å². The third-order valence-electron chi connectivity index (χ3n) is 5.39. The molecule has 0 saturated carbocycles. The van der Waals surface area contributed by atoms with Gasteiger partial charge in [0.15, 0.2) is 0 Å². The van der Waals surface area contributed by atoms with E-state index >= 15 is 0 Å². The third-order valence-corrected chi connectivity index (χ3v) is 5.39. The fraction of sp³-hybridized carbons (Fsp3) is 0.346. The maximum absolute atomic E-state index is 11.1. The topological polar surface area (TPSA) is 51.5 Å². The Morgan fingerprint density at radius 2 is 1.57 bits per heavy atom. The number of carboxylic acids is 1. The lowest BCUT2D eigenvalue weighted by Crippen LogP contribution is -2.14. The average molecular weight is 406 g/mol. The van der Waals surface area contributed by atoms with Crippen LogP contribution >= 0.6 is 0 Å². The molecule has 0 aliphatic rings. The number of carboxylic acid groups (broad SMARTS) is 1. The summed E-state index contributed by atoms with van der Waals surface area (Å²) in [5, 5.41) is 9.12. The zero-order chi connectivity index (χ0) is 21.9.